The van der Waals surface area contributed by atoms with Crippen LogP contribution in [0.4, 0.5) is 0 Å². The van der Waals surface area contributed by atoms with E-state index in [4.69, 9.17) is 40.5 Å². The molecule has 0 heterocycles. The highest BCUT2D eigenvalue weighted by Crippen LogP contribution is 2.22. The summed E-state index contributed by atoms with van der Waals surface area (Å²) in [6, 6.07) is 13.2. The van der Waals surface area contributed by atoms with Crippen molar-refractivity contribution in [1.82, 2.24) is 0 Å². The van der Waals surface area contributed by atoms with Gasteiger partial charge in [0.15, 0.2) is 0 Å². The zero-order valence-corrected chi connectivity index (χ0v) is 12.5. The molecule has 1 nitrogen and oxygen atoms in total. The first-order valence-electron chi connectivity index (χ1n) is 5.98. The first kappa shape index (κ1) is 14.7. The van der Waals surface area contributed by atoms with Gasteiger partial charge in [-0.25, -0.2) is 0 Å². The lowest BCUT2D eigenvalue weighted by Gasteiger charge is -2.13. The molecular weight excluding hydrogens is 301 g/mol. The molecule has 0 bridgehead atoms. The quantitative estimate of drug-likeness (QED) is 0.865. The summed E-state index contributed by atoms with van der Waals surface area (Å²) < 4.78 is 0. The molecule has 0 aliphatic carbocycles. The van der Waals surface area contributed by atoms with Gasteiger partial charge < -0.3 is 5.73 Å². The molecule has 0 aliphatic rings. The van der Waals surface area contributed by atoms with Crippen LogP contribution in [0, 0.1) is 0 Å². The molecule has 2 N–H and O–H groups in total. The summed E-state index contributed by atoms with van der Waals surface area (Å²) >= 11 is 18.0. The molecule has 19 heavy (non-hydrogen) atoms. The maximum Gasteiger partial charge on any atom is 0.0453 e. The summed E-state index contributed by atoms with van der Waals surface area (Å²) in [6.45, 7) is 0. The van der Waals surface area contributed by atoms with Crippen molar-refractivity contribution in [3.05, 3.63) is 68.7 Å². The molecule has 0 amide bonds. The van der Waals surface area contributed by atoms with Gasteiger partial charge in [0.2, 0.25) is 0 Å². The van der Waals surface area contributed by atoms with Crippen LogP contribution in [0.25, 0.3) is 0 Å². The molecule has 2 aromatic carbocycles. The van der Waals surface area contributed by atoms with Crippen LogP contribution in [0.15, 0.2) is 42.5 Å². The number of nitrogens with two attached hydrogens (primary N) is 1. The summed E-state index contributed by atoms with van der Waals surface area (Å²) in [5.74, 6) is 0. The van der Waals surface area contributed by atoms with Crippen LogP contribution >= 0.6 is 34.8 Å². The van der Waals surface area contributed by atoms with Crippen LogP contribution in [-0.4, -0.2) is 6.04 Å². The van der Waals surface area contributed by atoms with Gasteiger partial charge in [-0.15, -0.1) is 0 Å². The van der Waals surface area contributed by atoms with Crippen LogP contribution in [0.2, 0.25) is 15.1 Å². The number of benzene rings is 2. The van der Waals surface area contributed by atoms with Crippen molar-refractivity contribution >= 4 is 34.8 Å². The molecule has 0 saturated heterocycles. The average molecular weight is 315 g/mol. The average Bonchev–Trinajstić information content (AvgIpc) is 2.33. The van der Waals surface area contributed by atoms with E-state index in [-0.39, 0.29) is 6.04 Å². The molecule has 2 aromatic rings. The van der Waals surface area contributed by atoms with Crippen molar-refractivity contribution in [2.24, 2.45) is 5.73 Å². The van der Waals surface area contributed by atoms with E-state index in [0.717, 1.165) is 22.6 Å². The Morgan fingerprint density at radius 2 is 1.63 bits per heavy atom. The molecule has 4 heteroatoms. The van der Waals surface area contributed by atoms with Crippen molar-refractivity contribution in [3.8, 4) is 0 Å². The van der Waals surface area contributed by atoms with E-state index in [2.05, 4.69) is 0 Å². The Labute approximate surface area is 128 Å². The van der Waals surface area contributed by atoms with E-state index >= 15 is 0 Å². The van der Waals surface area contributed by atoms with Gasteiger partial charge in [0.1, 0.15) is 0 Å². The van der Waals surface area contributed by atoms with E-state index in [1.807, 2.05) is 36.4 Å². The second-order valence-corrected chi connectivity index (χ2v) is 5.81. The lowest BCUT2D eigenvalue weighted by molar-refractivity contribution is 0.665. The van der Waals surface area contributed by atoms with Crippen molar-refractivity contribution in [2.45, 2.75) is 18.9 Å². The molecule has 100 valence electrons. The molecule has 1 atom stereocenters. The number of hydrogen-bond acceptors (Lipinski definition) is 1. The molecule has 0 aliphatic heterocycles. The largest absolute Gasteiger partial charge is 0.327 e. The third-order valence-electron chi connectivity index (χ3n) is 2.88. The second kappa shape index (κ2) is 6.62. The molecule has 0 radical (unpaired) electrons. The summed E-state index contributed by atoms with van der Waals surface area (Å²) in [7, 11) is 0. The standard InChI is InChI=1S/C15H14Cl3N/c16-12-3-1-2-10(6-12)7-14(19)8-11-4-5-13(17)9-15(11)18/h1-6,9,14H,7-8,19H2. The Balaban J connectivity index is 2.03. The minimum atomic E-state index is -0.00265. The van der Waals surface area contributed by atoms with E-state index in [1.54, 1.807) is 6.07 Å². The van der Waals surface area contributed by atoms with Gasteiger partial charge in [0, 0.05) is 21.1 Å². The highest BCUT2D eigenvalue weighted by atomic mass is 35.5. The molecule has 0 saturated carbocycles. The van der Waals surface area contributed by atoms with Crippen molar-refractivity contribution in [3.63, 3.8) is 0 Å². The fraction of sp³-hybridized carbons (Fsp3) is 0.200. The minimum Gasteiger partial charge on any atom is -0.327 e. The number of hydrogen-bond donors (Lipinski definition) is 1. The first-order valence-corrected chi connectivity index (χ1v) is 7.12. The Kier molecular flexibility index (Phi) is 5.12. The molecule has 1 unspecified atom stereocenters. The summed E-state index contributed by atoms with van der Waals surface area (Å²) in [4.78, 5) is 0. The Hall–Kier alpha value is -0.730. The second-order valence-electron chi connectivity index (χ2n) is 4.53. The van der Waals surface area contributed by atoms with Gasteiger partial charge in [-0.3, -0.25) is 0 Å². The molecule has 2 rings (SSSR count). The zero-order chi connectivity index (χ0) is 13.8. The van der Waals surface area contributed by atoms with E-state index < -0.39 is 0 Å². The molecule has 0 fully saturated rings. The normalized spacial score (nSPS) is 12.4. The minimum absolute atomic E-state index is 0.00265. The number of halogens is 3. The lowest BCUT2D eigenvalue weighted by Crippen LogP contribution is -2.25. The molecule has 0 aromatic heterocycles. The predicted molar refractivity (Wildman–Crippen MR) is 83.3 cm³/mol. The summed E-state index contributed by atoms with van der Waals surface area (Å²) in [6.07, 6.45) is 1.47. The lowest BCUT2D eigenvalue weighted by atomic mass is 10.00. The predicted octanol–water partition coefficient (Wildman–Crippen LogP) is 4.76. The first-order chi connectivity index (χ1) is 9.04. The van der Waals surface area contributed by atoms with Gasteiger partial charge in [-0.1, -0.05) is 53.0 Å². The van der Waals surface area contributed by atoms with Gasteiger partial charge in [-0.05, 0) is 48.2 Å². The summed E-state index contributed by atoms with van der Waals surface area (Å²) in [5.41, 5.74) is 8.30. The topological polar surface area (TPSA) is 26.0 Å². The van der Waals surface area contributed by atoms with Crippen molar-refractivity contribution in [1.29, 1.82) is 0 Å². The van der Waals surface area contributed by atoms with E-state index in [9.17, 15) is 0 Å². The summed E-state index contributed by atoms with van der Waals surface area (Å²) in [5, 5.41) is 2.03. The van der Waals surface area contributed by atoms with Crippen molar-refractivity contribution < 1.29 is 0 Å². The Bertz CT molecular complexity index is 569. The smallest absolute Gasteiger partial charge is 0.0453 e. The van der Waals surface area contributed by atoms with Crippen molar-refractivity contribution in [2.75, 3.05) is 0 Å². The fourth-order valence-electron chi connectivity index (χ4n) is 2.01. The fourth-order valence-corrected chi connectivity index (χ4v) is 2.71. The van der Waals surface area contributed by atoms with Crippen LogP contribution < -0.4 is 5.73 Å². The third-order valence-corrected chi connectivity index (χ3v) is 3.71. The van der Waals surface area contributed by atoms with Gasteiger partial charge in [0.05, 0.1) is 0 Å². The van der Waals surface area contributed by atoms with Crippen LogP contribution in [0.1, 0.15) is 11.1 Å². The number of rotatable bonds is 4. The van der Waals surface area contributed by atoms with Gasteiger partial charge >= 0.3 is 0 Å². The SMILES string of the molecule is NC(Cc1cccc(Cl)c1)Cc1ccc(Cl)cc1Cl. The monoisotopic (exact) mass is 313 g/mol. The Morgan fingerprint density at radius 1 is 0.895 bits per heavy atom. The zero-order valence-electron chi connectivity index (χ0n) is 10.2. The van der Waals surface area contributed by atoms with Crippen LogP contribution in [0.5, 0.6) is 0 Å². The van der Waals surface area contributed by atoms with Gasteiger partial charge in [0.25, 0.3) is 0 Å². The maximum absolute atomic E-state index is 6.16. The maximum atomic E-state index is 6.16. The molecule has 0 spiro atoms. The third kappa shape index (κ3) is 4.39. The van der Waals surface area contributed by atoms with E-state index in [0.29, 0.717) is 16.5 Å². The Morgan fingerprint density at radius 3 is 2.32 bits per heavy atom. The molecular formula is C15H14Cl3N. The highest BCUT2D eigenvalue weighted by molar-refractivity contribution is 6.35. The van der Waals surface area contributed by atoms with Crippen LogP contribution in [-0.2, 0) is 12.8 Å². The van der Waals surface area contributed by atoms with E-state index in [1.165, 1.54) is 0 Å². The highest BCUT2D eigenvalue weighted by Gasteiger charge is 2.09. The van der Waals surface area contributed by atoms with Crippen LogP contribution in [0.3, 0.4) is 0 Å². The van der Waals surface area contributed by atoms with Gasteiger partial charge in [-0.2, -0.15) is 0 Å².